The molecule has 2 heterocycles. The van der Waals surface area contributed by atoms with Crippen LogP contribution in [0.15, 0.2) is 6.07 Å². The molecule has 2 rings (SSSR count). The average molecular weight is 237 g/mol. The summed E-state index contributed by atoms with van der Waals surface area (Å²) in [7, 11) is 1.77. The molecule has 1 aliphatic rings. The summed E-state index contributed by atoms with van der Waals surface area (Å²) in [5.74, 6) is -1.46. The molecule has 0 unspecified atom stereocenters. The molecule has 0 bridgehead atoms. The molecule has 92 valence electrons. The Balaban J connectivity index is 2.09. The second-order valence-electron chi connectivity index (χ2n) is 4.37. The summed E-state index contributed by atoms with van der Waals surface area (Å²) in [5, 5.41) is 13.0. The predicted molar refractivity (Wildman–Crippen MR) is 59.6 cm³/mol. The smallest absolute Gasteiger partial charge is 0.308 e. The van der Waals surface area contributed by atoms with Crippen molar-refractivity contribution in [2.24, 2.45) is 13.0 Å². The van der Waals surface area contributed by atoms with Gasteiger partial charge in [-0.25, -0.2) is 0 Å². The number of rotatable bonds is 2. The lowest BCUT2D eigenvalue weighted by Gasteiger charge is -2.13. The molecule has 17 heavy (non-hydrogen) atoms. The normalized spacial score (nSPS) is 19.6. The Morgan fingerprint density at radius 2 is 2.24 bits per heavy atom. The monoisotopic (exact) mass is 237 g/mol. The molecule has 1 aromatic rings. The molecular weight excluding hydrogens is 222 g/mol. The number of carbonyl (C=O) groups is 2. The highest BCUT2D eigenvalue weighted by molar-refractivity contribution is 5.93. The van der Waals surface area contributed by atoms with Crippen molar-refractivity contribution in [1.29, 1.82) is 0 Å². The van der Waals surface area contributed by atoms with Crippen LogP contribution in [-0.2, 0) is 11.8 Å². The highest BCUT2D eigenvalue weighted by Gasteiger charge is 2.32. The number of amides is 1. The quantitative estimate of drug-likeness (QED) is 0.801. The first-order valence-corrected chi connectivity index (χ1v) is 5.51. The Kier molecular flexibility index (Phi) is 2.87. The zero-order valence-electron chi connectivity index (χ0n) is 9.88. The molecule has 0 spiro atoms. The molecule has 1 amide bonds. The molecular formula is C11H15N3O3. The number of likely N-dealkylation sites (tertiary alicyclic amines) is 1. The van der Waals surface area contributed by atoms with Gasteiger partial charge < -0.3 is 10.0 Å². The van der Waals surface area contributed by atoms with E-state index in [1.165, 1.54) is 0 Å². The van der Waals surface area contributed by atoms with Gasteiger partial charge in [-0.05, 0) is 19.4 Å². The zero-order valence-corrected chi connectivity index (χ0v) is 9.88. The summed E-state index contributed by atoms with van der Waals surface area (Å²) >= 11 is 0. The van der Waals surface area contributed by atoms with Gasteiger partial charge in [0.1, 0.15) is 0 Å². The van der Waals surface area contributed by atoms with Gasteiger partial charge in [-0.3, -0.25) is 14.3 Å². The second kappa shape index (κ2) is 4.20. The van der Waals surface area contributed by atoms with E-state index in [0.717, 1.165) is 5.69 Å². The lowest BCUT2D eigenvalue weighted by Crippen LogP contribution is -2.30. The van der Waals surface area contributed by atoms with Crippen LogP contribution < -0.4 is 0 Å². The van der Waals surface area contributed by atoms with Gasteiger partial charge >= 0.3 is 5.97 Å². The number of carbonyl (C=O) groups excluding carboxylic acids is 1. The number of aryl methyl sites for hydroxylation is 2. The molecule has 1 fully saturated rings. The Bertz CT molecular complexity index is 447. The minimum absolute atomic E-state index is 0.183. The van der Waals surface area contributed by atoms with Gasteiger partial charge in [0.15, 0.2) is 5.69 Å². The van der Waals surface area contributed by atoms with E-state index >= 15 is 0 Å². The van der Waals surface area contributed by atoms with E-state index in [1.807, 2.05) is 6.92 Å². The van der Waals surface area contributed by atoms with Gasteiger partial charge in [-0.2, -0.15) is 5.10 Å². The van der Waals surface area contributed by atoms with E-state index in [9.17, 15) is 9.59 Å². The van der Waals surface area contributed by atoms with E-state index in [1.54, 1.807) is 22.7 Å². The lowest BCUT2D eigenvalue weighted by atomic mass is 10.1. The van der Waals surface area contributed by atoms with Crippen LogP contribution in [0.2, 0.25) is 0 Å². The van der Waals surface area contributed by atoms with Crippen LogP contribution in [0.3, 0.4) is 0 Å². The third-order valence-electron chi connectivity index (χ3n) is 3.16. The topological polar surface area (TPSA) is 75.4 Å². The van der Waals surface area contributed by atoms with Crippen LogP contribution in [0.5, 0.6) is 0 Å². The number of hydrogen-bond donors (Lipinski definition) is 1. The van der Waals surface area contributed by atoms with Crippen molar-refractivity contribution in [2.45, 2.75) is 13.3 Å². The van der Waals surface area contributed by atoms with E-state index in [-0.39, 0.29) is 12.5 Å². The van der Waals surface area contributed by atoms with Gasteiger partial charge in [0, 0.05) is 25.8 Å². The van der Waals surface area contributed by atoms with Crippen LogP contribution in [0.1, 0.15) is 22.6 Å². The van der Waals surface area contributed by atoms with Crippen molar-refractivity contribution in [3.05, 3.63) is 17.5 Å². The number of nitrogens with zero attached hydrogens (tertiary/aromatic N) is 3. The highest BCUT2D eigenvalue weighted by atomic mass is 16.4. The van der Waals surface area contributed by atoms with Crippen LogP contribution in [0, 0.1) is 12.8 Å². The van der Waals surface area contributed by atoms with Crippen molar-refractivity contribution < 1.29 is 14.7 Å². The van der Waals surface area contributed by atoms with E-state index < -0.39 is 11.9 Å². The SMILES string of the molecule is Cc1cc(C(=O)N2CC[C@@H](C(=O)O)C2)nn1C. The molecule has 6 heteroatoms. The summed E-state index contributed by atoms with van der Waals surface area (Å²) in [6.45, 7) is 2.64. The van der Waals surface area contributed by atoms with Crippen molar-refractivity contribution in [3.8, 4) is 0 Å². The first kappa shape index (κ1) is 11.6. The molecule has 1 N–H and O–H groups in total. The molecule has 1 aromatic heterocycles. The van der Waals surface area contributed by atoms with Crippen molar-refractivity contribution >= 4 is 11.9 Å². The summed E-state index contributed by atoms with van der Waals surface area (Å²) < 4.78 is 1.64. The molecule has 0 radical (unpaired) electrons. The van der Waals surface area contributed by atoms with Gasteiger partial charge in [0.05, 0.1) is 5.92 Å². The maximum Gasteiger partial charge on any atom is 0.308 e. The number of carboxylic acids is 1. The van der Waals surface area contributed by atoms with Gasteiger partial charge in [0.25, 0.3) is 5.91 Å². The van der Waals surface area contributed by atoms with Crippen LogP contribution in [0.4, 0.5) is 0 Å². The molecule has 0 saturated carbocycles. The molecule has 1 aliphatic heterocycles. The fourth-order valence-corrected chi connectivity index (χ4v) is 1.97. The number of hydrogen-bond acceptors (Lipinski definition) is 3. The Morgan fingerprint density at radius 3 is 2.71 bits per heavy atom. The van der Waals surface area contributed by atoms with Crippen LogP contribution in [-0.4, -0.2) is 44.8 Å². The number of aliphatic carboxylic acids is 1. The Morgan fingerprint density at radius 1 is 1.53 bits per heavy atom. The minimum Gasteiger partial charge on any atom is -0.481 e. The average Bonchev–Trinajstić information content (AvgIpc) is 2.86. The number of carboxylic acid groups (broad SMARTS) is 1. The van der Waals surface area contributed by atoms with Crippen LogP contribution >= 0.6 is 0 Å². The molecule has 0 aromatic carbocycles. The fourth-order valence-electron chi connectivity index (χ4n) is 1.97. The van der Waals surface area contributed by atoms with Crippen molar-refractivity contribution in [3.63, 3.8) is 0 Å². The zero-order chi connectivity index (χ0) is 12.6. The Labute approximate surface area is 98.8 Å². The second-order valence-corrected chi connectivity index (χ2v) is 4.37. The highest BCUT2D eigenvalue weighted by Crippen LogP contribution is 2.18. The number of aromatic nitrogens is 2. The molecule has 6 nitrogen and oxygen atoms in total. The fraction of sp³-hybridized carbons (Fsp3) is 0.545. The molecule has 0 aliphatic carbocycles. The maximum absolute atomic E-state index is 12.0. The molecule has 1 atom stereocenters. The van der Waals surface area contributed by atoms with Gasteiger partial charge in [-0.15, -0.1) is 0 Å². The standard InChI is InChI=1S/C11H15N3O3/c1-7-5-9(12-13(7)2)10(15)14-4-3-8(6-14)11(16)17/h5,8H,3-4,6H2,1-2H3,(H,16,17)/t8-/m1/s1. The van der Waals surface area contributed by atoms with Gasteiger partial charge in [0.2, 0.25) is 0 Å². The summed E-state index contributed by atoms with van der Waals surface area (Å²) in [5.41, 5.74) is 1.29. The van der Waals surface area contributed by atoms with Crippen molar-refractivity contribution in [1.82, 2.24) is 14.7 Å². The summed E-state index contributed by atoms with van der Waals surface area (Å²) in [6, 6.07) is 1.72. The summed E-state index contributed by atoms with van der Waals surface area (Å²) in [6.07, 6.45) is 0.521. The third kappa shape index (κ3) is 2.15. The van der Waals surface area contributed by atoms with Crippen LogP contribution in [0.25, 0.3) is 0 Å². The maximum atomic E-state index is 12.0. The van der Waals surface area contributed by atoms with E-state index in [2.05, 4.69) is 5.10 Å². The Hall–Kier alpha value is -1.85. The van der Waals surface area contributed by atoms with E-state index in [4.69, 9.17) is 5.11 Å². The lowest BCUT2D eigenvalue weighted by molar-refractivity contribution is -0.141. The third-order valence-corrected chi connectivity index (χ3v) is 3.16. The summed E-state index contributed by atoms with van der Waals surface area (Å²) in [4.78, 5) is 24.4. The van der Waals surface area contributed by atoms with E-state index in [0.29, 0.717) is 18.7 Å². The predicted octanol–water partition coefficient (Wildman–Crippen LogP) is 0.275. The largest absolute Gasteiger partial charge is 0.481 e. The first-order chi connectivity index (χ1) is 7.99. The van der Waals surface area contributed by atoms with Gasteiger partial charge in [-0.1, -0.05) is 0 Å². The molecule has 1 saturated heterocycles. The first-order valence-electron chi connectivity index (χ1n) is 5.51. The minimum atomic E-state index is -0.836. The van der Waals surface area contributed by atoms with Crippen molar-refractivity contribution in [2.75, 3.05) is 13.1 Å².